The molecule has 2 aromatic carbocycles. The summed E-state index contributed by atoms with van der Waals surface area (Å²) in [6, 6.07) is 15.1. The molecule has 0 unspecified atom stereocenters. The molecule has 10 heteroatoms. The highest BCUT2D eigenvalue weighted by molar-refractivity contribution is 7.22. The number of ether oxygens (including phenoxy) is 1. The lowest BCUT2D eigenvalue weighted by Gasteiger charge is -2.05. The van der Waals surface area contributed by atoms with Gasteiger partial charge in [0.05, 0.1) is 23.7 Å². The van der Waals surface area contributed by atoms with E-state index in [2.05, 4.69) is 25.4 Å². The van der Waals surface area contributed by atoms with E-state index in [-0.39, 0.29) is 24.3 Å². The van der Waals surface area contributed by atoms with E-state index in [1.54, 1.807) is 11.8 Å². The van der Waals surface area contributed by atoms with Crippen molar-refractivity contribution in [1.29, 1.82) is 0 Å². The lowest BCUT2D eigenvalue weighted by Crippen LogP contribution is -2.16. The van der Waals surface area contributed by atoms with Crippen LogP contribution in [0.2, 0.25) is 0 Å². The van der Waals surface area contributed by atoms with Gasteiger partial charge in [-0.1, -0.05) is 35.6 Å². The van der Waals surface area contributed by atoms with Crippen molar-refractivity contribution in [3.8, 4) is 11.4 Å². The Balaban J connectivity index is 1.34. The molecule has 32 heavy (non-hydrogen) atoms. The van der Waals surface area contributed by atoms with Crippen molar-refractivity contribution >= 4 is 43.6 Å². The number of carbonyl (C=O) groups is 1. The van der Waals surface area contributed by atoms with Crippen LogP contribution in [0.1, 0.15) is 12.2 Å². The van der Waals surface area contributed by atoms with Gasteiger partial charge in [0, 0.05) is 12.8 Å². The second-order valence-electron chi connectivity index (χ2n) is 7.02. The van der Waals surface area contributed by atoms with E-state index in [0.717, 1.165) is 10.4 Å². The number of amides is 1. The molecule has 0 aliphatic heterocycles. The number of benzene rings is 2. The number of methoxy groups -OCH3 is 1. The van der Waals surface area contributed by atoms with Gasteiger partial charge in [-0.2, -0.15) is 5.10 Å². The molecule has 3 heterocycles. The molecule has 0 saturated carbocycles. The Hall–Kier alpha value is -4.05. The van der Waals surface area contributed by atoms with Gasteiger partial charge < -0.3 is 15.0 Å². The van der Waals surface area contributed by atoms with Crippen LogP contribution in [0.5, 0.6) is 5.75 Å². The van der Waals surface area contributed by atoms with Crippen LogP contribution < -0.4 is 15.6 Å². The van der Waals surface area contributed by atoms with Crippen LogP contribution in [0.4, 0.5) is 5.13 Å². The molecule has 0 spiro atoms. The molecule has 3 aromatic heterocycles. The average molecular weight is 446 g/mol. The summed E-state index contributed by atoms with van der Waals surface area (Å²) >= 11 is 1.37. The van der Waals surface area contributed by atoms with E-state index >= 15 is 0 Å². The monoisotopic (exact) mass is 446 g/mol. The number of anilines is 1. The summed E-state index contributed by atoms with van der Waals surface area (Å²) in [4.78, 5) is 36.7. The molecule has 1 amide bonds. The van der Waals surface area contributed by atoms with E-state index in [0.29, 0.717) is 33.3 Å². The van der Waals surface area contributed by atoms with E-state index in [1.807, 2.05) is 48.5 Å². The molecule has 0 aliphatic carbocycles. The van der Waals surface area contributed by atoms with Crippen molar-refractivity contribution in [1.82, 2.24) is 24.7 Å². The number of aromatic amines is 1. The highest BCUT2D eigenvalue weighted by atomic mass is 32.1. The maximum atomic E-state index is 12.5. The highest BCUT2D eigenvalue weighted by Crippen LogP contribution is 2.32. The summed E-state index contributed by atoms with van der Waals surface area (Å²) in [5, 5.41) is 7.99. The minimum Gasteiger partial charge on any atom is -0.494 e. The Bertz CT molecular complexity index is 1490. The SMILES string of the molecule is COc1cccc2sc(NC(=O)CCc3nc4c(cnn4-c4ccccc4)c(=O)[nH]3)nc12. The number of nitrogens with one attached hydrogen (secondary N) is 2. The fraction of sp³-hybridized carbons (Fsp3) is 0.136. The van der Waals surface area contributed by atoms with Crippen LogP contribution in [0, 0.1) is 0 Å². The molecular formula is C22H18N6O3S. The predicted molar refractivity (Wildman–Crippen MR) is 123 cm³/mol. The number of para-hydroxylation sites is 2. The van der Waals surface area contributed by atoms with Crippen molar-refractivity contribution < 1.29 is 9.53 Å². The number of fused-ring (bicyclic) bond motifs is 2. The zero-order valence-corrected chi connectivity index (χ0v) is 17.8. The molecule has 0 atom stereocenters. The van der Waals surface area contributed by atoms with Gasteiger partial charge in [-0.15, -0.1) is 0 Å². The summed E-state index contributed by atoms with van der Waals surface area (Å²) < 4.78 is 7.85. The zero-order chi connectivity index (χ0) is 22.1. The second-order valence-corrected chi connectivity index (χ2v) is 8.05. The highest BCUT2D eigenvalue weighted by Gasteiger charge is 2.14. The first-order valence-corrected chi connectivity index (χ1v) is 10.7. The molecule has 9 nitrogen and oxygen atoms in total. The number of nitrogens with zero attached hydrogens (tertiary/aromatic N) is 4. The quantitative estimate of drug-likeness (QED) is 0.414. The molecule has 5 rings (SSSR count). The number of thiazole rings is 1. The Morgan fingerprint density at radius 2 is 2.00 bits per heavy atom. The molecule has 5 aromatic rings. The molecule has 0 saturated heterocycles. The normalized spacial score (nSPS) is 11.2. The smallest absolute Gasteiger partial charge is 0.262 e. The lowest BCUT2D eigenvalue weighted by molar-refractivity contribution is -0.116. The van der Waals surface area contributed by atoms with E-state index in [4.69, 9.17) is 4.74 Å². The molecule has 2 N–H and O–H groups in total. The summed E-state index contributed by atoms with van der Waals surface area (Å²) in [6.45, 7) is 0. The number of aromatic nitrogens is 5. The van der Waals surface area contributed by atoms with Gasteiger partial charge in [-0.05, 0) is 24.3 Å². The fourth-order valence-electron chi connectivity index (χ4n) is 3.40. The molecule has 0 fully saturated rings. The number of hydrogen-bond donors (Lipinski definition) is 2. The minimum atomic E-state index is -0.286. The summed E-state index contributed by atoms with van der Waals surface area (Å²) in [5.41, 5.74) is 1.68. The van der Waals surface area contributed by atoms with Crippen LogP contribution in [0.25, 0.3) is 26.9 Å². The van der Waals surface area contributed by atoms with Crippen LogP contribution >= 0.6 is 11.3 Å². The van der Waals surface area contributed by atoms with Crippen LogP contribution in [0.15, 0.2) is 59.5 Å². The van der Waals surface area contributed by atoms with Crippen molar-refractivity contribution in [3.63, 3.8) is 0 Å². The van der Waals surface area contributed by atoms with Gasteiger partial charge in [-0.25, -0.2) is 14.6 Å². The van der Waals surface area contributed by atoms with Gasteiger partial charge in [0.1, 0.15) is 22.5 Å². The standard InChI is InChI=1S/C22H18N6O3S/c1-31-15-8-5-9-16-19(15)27-22(32-16)26-18(29)11-10-17-24-20-14(21(30)25-17)12-23-28(20)13-6-3-2-4-7-13/h2-9,12H,10-11H2,1H3,(H,24,25,30)(H,26,27,29). The van der Waals surface area contributed by atoms with Gasteiger partial charge >= 0.3 is 0 Å². The summed E-state index contributed by atoms with van der Waals surface area (Å²) in [6.07, 6.45) is 1.90. The first-order chi connectivity index (χ1) is 15.6. The zero-order valence-electron chi connectivity index (χ0n) is 17.0. The van der Waals surface area contributed by atoms with Gasteiger partial charge in [0.2, 0.25) is 5.91 Å². The van der Waals surface area contributed by atoms with Crippen molar-refractivity contribution in [2.75, 3.05) is 12.4 Å². The predicted octanol–water partition coefficient (Wildman–Crippen LogP) is 3.30. The van der Waals surface area contributed by atoms with Crippen LogP contribution in [-0.2, 0) is 11.2 Å². The minimum absolute atomic E-state index is 0.140. The maximum absolute atomic E-state index is 12.5. The molecular weight excluding hydrogens is 428 g/mol. The van der Waals surface area contributed by atoms with Gasteiger partial charge in [0.25, 0.3) is 5.56 Å². The number of rotatable bonds is 6. The third kappa shape index (κ3) is 3.71. The molecule has 0 bridgehead atoms. The van der Waals surface area contributed by atoms with Gasteiger partial charge in [0.15, 0.2) is 10.8 Å². The van der Waals surface area contributed by atoms with Crippen molar-refractivity contribution in [2.45, 2.75) is 12.8 Å². The summed E-state index contributed by atoms with van der Waals surface area (Å²) in [7, 11) is 1.58. The maximum Gasteiger partial charge on any atom is 0.262 e. The van der Waals surface area contributed by atoms with Crippen LogP contribution in [0.3, 0.4) is 0 Å². The number of hydrogen-bond acceptors (Lipinski definition) is 7. The Morgan fingerprint density at radius 3 is 2.81 bits per heavy atom. The third-order valence-electron chi connectivity index (χ3n) is 4.92. The number of aryl methyl sites for hydroxylation is 1. The average Bonchev–Trinajstić information content (AvgIpc) is 3.42. The van der Waals surface area contributed by atoms with Gasteiger partial charge in [-0.3, -0.25) is 9.59 Å². The largest absolute Gasteiger partial charge is 0.494 e. The van der Waals surface area contributed by atoms with Crippen molar-refractivity contribution in [2.24, 2.45) is 0 Å². The van der Waals surface area contributed by atoms with Crippen molar-refractivity contribution in [3.05, 3.63) is 70.9 Å². The fourth-order valence-corrected chi connectivity index (χ4v) is 4.30. The van der Waals surface area contributed by atoms with E-state index < -0.39 is 0 Å². The number of carbonyl (C=O) groups excluding carboxylic acids is 1. The van der Waals surface area contributed by atoms with Crippen LogP contribution in [-0.4, -0.2) is 37.7 Å². The van der Waals surface area contributed by atoms with E-state index in [9.17, 15) is 9.59 Å². The third-order valence-corrected chi connectivity index (χ3v) is 5.86. The topological polar surface area (TPSA) is 115 Å². The Kier molecular flexibility index (Phi) is 5.12. The molecule has 0 aliphatic rings. The summed E-state index contributed by atoms with van der Waals surface area (Å²) in [5.74, 6) is 0.855. The second kappa shape index (κ2) is 8.23. The Morgan fingerprint density at radius 1 is 1.16 bits per heavy atom. The molecule has 160 valence electrons. The lowest BCUT2D eigenvalue weighted by atomic mass is 10.2. The number of H-pyrrole nitrogens is 1. The van der Waals surface area contributed by atoms with E-state index in [1.165, 1.54) is 17.5 Å². The molecule has 0 radical (unpaired) electrons. The first kappa shape index (κ1) is 19.9. The first-order valence-electron chi connectivity index (χ1n) is 9.88. The Labute approximate surface area is 185 Å².